The molecule has 0 saturated carbocycles. The molecule has 4 heteroatoms. The second-order valence-corrected chi connectivity index (χ2v) is 3.85. The molecule has 2 nitrogen and oxygen atoms in total. The Morgan fingerprint density at radius 2 is 2.25 bits per heavy atom. The van der Waals surface area contributed by atoms with Crippen molar-refractivity contribution in [2.24, 2.45) is 0 Å². The van der Waals surface area contributed by atoms with Crippen molar-refractivity contribution in [1.82, 2.24) is 0 Å². The summed E-state index contributed by atoms with van der Waals surface area (Å²) in [7, 11) is 0. The van der Waals surface area contributed by atoms with E-state index in [0.717, 1.165) is 0 Å². The van der Waals surface area contributed by atoms with Crippen molar-refractivity contribution < 1.29 is 26.7 Å². The van der Waals surface area contributed by atoms with Crippen molar-refractivity contribution in [3.05, 3.63) is 0 Å². The van der Waals surface area contributed by atoms with E-state index < -0.39 is 17.1 Å². The van der Waals surface area contributed by atoms with Gasteiger partial charge in [-0.25, -0.2) is 0 Å². The van der Waals surface area contributed by atoms with E-state index in [1.54, 1.807) is 0 Å². The molecule has 0 aromatic heterocycles. The molecule has 0 aromatic carbocycles. The molecular formula is C4H9BrO2Zn. The van der Waals surface area contributed by atoms with Crippen LogP contribution in [0.3, 0.4) is 0 Å². The molecule has 0 aliphatic heterocycles. The third kappa shape index (κ3) is 6.57. The monoisotopic (exact) mass is 232 g/mol. The third-order valence-electron chi connectivity index (χ3n) is 0.594. The van der Waals surface area contributed by atoms with Crippen LogP contribution in [0.5, 0.6) is 0 Å². The summed E-state index contributed by atoms with van der Waals surface area (Å²) in [5.41, 5.74) is 1.96. The molecule has 0 amide bonds. The Morgan fingerprint density at radius 3 is 2.38 bits per heavy atom. The van der Waals surface area contributed by atoms with Crippen LogP contribution in [0.2, 0.25) is 5.52 Å². The number of carbonyl (C=O) groups excluding carboxylic acids is 1. The van der Waals surface area contributed by atoms with Crippen molar-refractivity contribution in [3.8, 4) is 0 Å². The summed E-state index contributed by atoms with van der Waals surface area (Å²) in [6.07, 6.45) is 0. The number of ether oxygens (including phenoxy) is 1. The van der Waals surface area contributed by atoms with E-state index in [0.29, 0.717) is 6.61 Å². The molecule has 0 unspecified atom stereocenters. The molecule has 0 N–H and O–H groups in total. The number of hydrogen-bond acceptors (Lipinski definition) is 2. The van der Waals surface area contributed by atoms with E-state index in [-0.39, 0.29) is 21.5 Å². The summed E-state index contributed by atoms with van der Waals surface area (Å²) in [5.74, 6) is 0. The van der Waals surface area contributed by atoms with Gasteiger partial charge in [-0.2, -0.15) is 0 Å². The summed E-state index contributed by atoms with van der Waals surface area (Å²) in [6.45, 7) is 2.37. The zero-order chi connectivity index (χ0) is 5.70. The second-order valence-electron chi connectivity index (χ2n) is 1.16. The fourth-order valence-corrected chi connectivity index (χ4v) is 1.12. The molecule has 0 atom stereocenters. The van der Waals surface area contributed by atoms with Crippen LogP contribution < -0.4 is 0 Å². The molecule has 46 valence electrons. The minimum atomic E-state index is -0.889. The van der Waals surface area contributed by atoms with Crippen LogP contribution in [0.15, 0.2) is 0 Å². The van der Waals surface area contributed by atoms with Gasteiger partial charge in [0.05, 0.1) is 0 Å². The Hall–Kier alpha value is 0.573. The SMILES string of the molecule is Br.CCO[C](=O)[Zn][CH3]. The Labute approximate surface area is 67.3 Å². The molecule has 0 saturated heterocycles. The molecule has 0 aromatic rings. The molecule has 0 bridgehead atoms. The molecule has 0 spiro atoms. The summed E-state index contributed by atoms with van der Waals surface area (Å²) < 4.78 is 4.70. The molecule has 0 rings (SSSR count). The average molecular weight is 234 g/mol. The Bertz CT molecular complexity index is 67.1. The summed E-state index contributed by atoms with van der Waals surface area (Å²) in [4.78, 5) is 10.3. The maximum atomic E-state index is 10.3. The first-order valence-electron chi connectivity index (χ1n) is 2.46. The van der Waals surface area contributed by atoms with E-state index in [4.69, 9.17) is 0 Å². The first-order valence-corrected chi connectivity index (χ1v) is 6.92. The summed E-state index contributed by atoms with van der Waals surface area (Å²) >= 11 is -0.889. The van der Waals surface area contributed by atoms with Crippen molar-refractivity contribution in [2.45, 2.75) is 12.4 Å². The van der Waals surface area contributed by atoms with Crippen LogP contribution in [-0.4, -0.2) is 11.2 Å². The van der Waals surface area contributed by atoms with Gasteiger partial charge in [0, 0.05) is 0 Å². The van der Waals surface area contributed by atoms with Gasteiger partial charge in [-0.05, 0) is 0 Å². The van der Waals surface area contributed by atoms with E-state index in [1.807, 2.05) is 12.4 Å². The van der Waals surface area contributed by atoms with E-state index in [2.05, 4.69) is 4.74 Å². The van der Waals surface area contributed by atoms with Crippen molar-refractivity contribution >= 4 is 21.5 Å². The topological polar surface area (TPSA) is 26.3 Å². The van der Waals surface area contributed by atoms with Gasteiger partial charge < -0.3 is 0 Å². The van der Waals surface area contributed by atoms with E-state index >= 15 is 0 Å². The summed E-state index contributed by atoms with van der Waals surface area (Å²) in [5, 5.41) is 0. The van der Waals surface area contributed by atoms with Crippen LogP contribution in [0.25, 0.3) is 0 Å². The van der Waals surface area contributed by atoms with Gasteiger partial charge in [0.2, 0.25) is 0 Å². The second kappa shape index (κ2) is 7.57. The van der Waals surface area contributed by atoms with Crippen molar-refractivity contribution in [2.75, 3.05) is 6.61 Å². The molecule has 0 aliphatic rings. The van der Waals surface area contributed by atoms with Crippen molar-refractivity contribution in [1.29, 1.82) is 0 Å². The molecule has 0 fully saturated rings. The Balaban J connectivity index is 0. The summed E-state index contributed by atoms with van der Waals surface area (Å²) in [6, 6.07) is 0. The molecule has 8 heavy (non-hydrogen) atoms. The molecule has 0 radical (unpaired) electrons. The number of hydrogen-bond donors (Lipinski definition) is 0. The molecule has 0 aliphatic carbocycles. The molecule has 0 heterocycles. The fraction of sp³-hybridized carbons (Fsp3) is 0.750. The maximum absolute atomic E-state index is 10.3. The van der Waals surface area contributed by atoms with E-state index in [9.17, 15) is 4.79 Å². The van der Waals surface area contributed by atoms with Gasteiger partial charge in [-0.1, -0.05) is 0 Å². The van der Waals surface area contributed by atoms with Gasteiger partial charge in [-0.15, -0.1) is 17.0 Å². The van der Waals surface area contributed by atoms with Crippen LogP contribution in [-0.2, 0) is 21.9 Å². The van der Waals surface area contributed by atoms with Crippen LogP contribution in [0, 0.1) is 0 Å². The first-order chi connectivity index (χ1) is 3.31. The zero-order valence-corrected chi connectivity index (χ0v) is 9.82. The van der Waals surface area contributed by atoms with Gasteiger partial charge in [0.1, 0.15) is 0 Å². The standard InChI is InChI=1S/C3H5O2.CH3.BrH.Zn/c1-2-5-3-4;;;/h2H2,1H3;1H3;1H;. The predicted molar refractivity (Wildman–Crippen MR) is 33.2 cm³/mol. The quantitative estimate of drug-likeness (QED) is 0.682. The van der Waals surface area contributed by atoms with Crippen LogP contribution in [0.1, 0.15) is 6.92 Å². The fourth-order valence-electron chi connectivity index (χ4n) is 0.263. The number of carbonyl (C=O) groups is 1. The Kier molecular flexibility index (Phi) is 10.8. The van der Waals surface area contributed by atoms with Gasteiger partial charge >= 0.3 is 50.3 Å². The zero-order valence-electron chi connectivity index (χ0n) is 5.14. The van der Waals surface area contributed by atoms with Gasteiger partial charge in [-0.3, -0.25) is 0 Å². The number of rotatable bonds is 2. The first kappa shape index (κ1) is 11.4. The molecular weight excluding hydrogens is 225 g/mol. The Morgan fingerprint density at radius 1 is 1.75 bits per heavy atom. The normalized spacial score (nSPS) is 6.25. The number of halogens is 1. The average Bonchev–Trinajstić information content (AvgIpc) is 1.68. The van der Waals surface area contributed by atoms with Gasteiger partial charge in [0.15, 0.2) is 0 Å². The van der Waals surface area contributed by atoms with E-state index in [1.165, 1.54) is 0 Å². The predicted octanol–water partition coefficient (Wildman–Crippen LogP) is 1.85. The van der Waals surface area contributed by atoms with Gasteiger partial charge in [0.25, 0.3) is 0 Å². The minimum absolute atomic E-state index is 0. The van der Waals surface area contributed by atoms with Crippen molar-refractivity contribution in [3.63, 3.8) is 0 Å². The van der Waals surface area contributed by atoms with Crippen LogP contribution in [0.4, 0.5) is 4.79 Å². The third-order valence-corrected chi connectivity index (χ3v) is 2.23. The van der Waals surface area contributed by atoms with Crippen LogP contribution >= 0.6 is 17.0 Å².